The van der Waals surface area contributed by atoms with Crippen LogP contribution in [-0.2, 0) is 26.2 Å². The average Bonchev–Trinajstić information content (AvgIpc) is 2.92. The fourth-order valence-corrected chi connectivity index (χ4v) is 5.51. The summed E-state index contributed by atoms with van der Waals surface area (Å²) in [5.74, 6) is -1.00. The normalized spacial score (nSPS) is 11.9. The van der Waals surface area contributed by atoms with Gasteiger partial charge in [-0.2, -0.15) is 0 Å². The number of halogens is 2. The van der Waals surface area contributed by atoms with E-state index >= 15 is 0 Å². The molecule has 0 radical (unpaired) electrons. The van der Waals surface area contributed by atoms with Crippen molar-refractivity contribution in [1.29, 1.82) is 0 Å². The summed E-state index contributed by atoms with van der Waals surface area (Å²) in [6, 6.07) is 17.0. The molecule has 0 aliphatic carbocycles. The van der Waals surface area contributed by atoms with E-state index < -0.39 is 34.3 Å². The molecule has 1 N–H and O–H groups in total. The van der Waals surface area contributed by atoms with Gasteiger partial charge in [-0.3, -0.25) is 13.9 Å². The number of sulfonamides is 1. The van der Waals surface area contributed by atoms with Crippen LogP contribution >= 0.6 is 15.9 Å². The molecule has 0 aliphatic rings. The predicted octanol–water partition coefficient (Wildman–Crippen LogP) is 4.74. The molecule has 0 spiro atoms. The zero-order chi connectivity index (χ0) is 28.6. The molecular weight excluding hydrogens is 589 g/mol. The van der Waals surface area contributed by atoms with Crippen molar-refractivity contribution in [1.82, 2.24) is 10.2 Å². The molecule has 0 aromatic heterocycles. The van der Waals surface area contributed by atoms with E-state index in [1.54, 1.807) is 26.0 Å². The zero-order valence-corrected chi connectivity index (χ0v) is 24.3. The quantitative estimate of drug-likeness (QED) is 0.316. The SMILES string of the molecule is CCNC(=O)[C@@H](C)N(Cc1ccc(Br)cc1)C(=O)CN(c1ccc(OCC)cc1)S(=O)(=O)c1ccc(F)cc1. The van der Waals surface area contributed by atoms with E-state index in [0.29, 0.717) is 18.9 Å². The van der Waals surface area contributed by atoms with Crippen molar-refractivity contribution in [2.45, 2.75) is 38.3 Å². The molecule has 0 bridgehead atoms. The maximum atomic E-state index is 13.8. The molecule has 3 aromatic rings. The lowest BCUT2D eigenvalue weighted by Gasteiger charge is -2.32. The fraction of sp³-hybridized carbons (Fsp3) is 0.286. The Kier molecular flexibility index (Phi) is 10.5. The summed E-state index contributed by atoms with van der Waals surface area (Å²) in [5, 5.41) is 2.72. The van der Waals surface area contributed by atoms with Crippen molar-refractivity contribution in [3.63, 3.8) is 0 Å². The summed E-state index contributed by atoms with van der Waals surface area (Å²) in [5.41, 5.74) is 0.974. The van der Waals surface area contributed by atoms with Crippen LogP contribution in [0.5, 0.6) is 5.75 Å². The second-order valence-electron chi connectivity index (χ2n) is 8.61. The third-order valence-electron chi connectivity index (χ3n) is 5.90. The van der Waals surface area contributed by atoms with Gasteiger partial charge in [-0.1, -0.05) is 28.1 Å². The Bertz CT molecular complexity index is 1370. The van der Waals surface area contributed by atoms with Crippen molar-refractivity contribution in [3.8, 4) is 5.75 Å². The number of carbonyl (C=O) groups excluding carboxylic acids is 2. The van der Waals surface area contributed by atoms with Crippen LogP contribution in [0.2, 0.25) is 0 Å². The van der Waals surface area contributed by atoms with Crippen LogP contribution in [0.4, 0.5) is 10.1 Å². The first-order valence-corrected chi connectivity index (χ1v) is 14.6. The molecule has 3 aromatic carbocycles. The molecule has 0 heterocycles. The van der Waals surface area contributed by atoms with E-state index in [1.165, 1.54) is 17.0 Å². The standard InChI is InChI=1S/C28H31BrFN3O5S/c1-4-31-28(35)20(3)32(18-21-6-8-22(29)9-7-21)27(34)19-33(24-12-14-25(15-13-24)38-5-2)39(36,37)26-16-10-23(30)11-17-26/h6-17,20H,4-5,18-19H2,1-3H3,(H,31,35)/t20-/m1/s1. The Morgan fingerprint density at radius 1 is 0.974 bits per heavy atom. The van der Waals surface area contributed by atoms with Crippen LogP contribution in [0.1, 0.15) is 26.3 Å². The molecule has 39 heavy (non-hydrogen) atoms. The highest BCUT2D eigenvalue weighted by Crippen LogP contribution is 2.27. The minimum Gasteiger partial charge on any atom is -0.494 e. The molecule has 2 amide bonds. The highest BCUT2D eigenvalue weighted by Gasteiger charge is 2.32. The lowest BCUT2D eigenvalue weighted by molar-refractivity contribution is -0.139. The Morgan fingerprint density at radius 3 is 2.15 bits per heavy atom. The van der Waals surface area contributed by atoms with Crippen molar-refractivity contribution in [2.75, 3.05) is 24.0 Å². The summed E-state index contributed by atoms with van der Waals surface area (Å²) < 4.78 is 48.3. The molecule has 0 aliphatic heterocycles. The summed E-state index contributed by atoms with van der Waals surface area (Å²) in [6.07, 6.45) is 0. The lowest BCUT2D eigenvalue weighted by Crippen LogP contribution is -2.51. The van der Waals surface area contributed by atoms with E-state index in [0.717, 1.165) is 38.6 Å². The van der Waals surface area contributed by atoms with Gasteiger partial charge in [0.25, 0.3) is 10.0 Å². The number of carbonyl (C=O) groups is 2. The van der Waals surface area contributed by atoms with E-state index in [-0.39, 0.29) is 23.0 Å². The van der Waals surface area contributed by atoms with Gasteiger partial charge >= 0.3 is 0 Å². The van der Waals surface area contributed by atoms with E-state index in [4.69, 9.17) is 4.74 Å². The molecule has 8 nitrogen and oxygen atoms in total. The highest BCUT2D eigenvalue weighted by molar-refractivity contribution is 9.10. The first-order chi connectivity index (χ1) is 18.6. The minimum absolute atomic E-state index is 0.0815. The predicted molar refractivity (Wildman–Crippen MR) is 151 cm³/mol. The van der Waals surface area contributed by atoms with Gasteiger partial charge in [-0.15, -0.1) is 0 Å². The summed E-state index contributed by atoms with van der Waals surface area (Å²) >= 11 is 3.38. The van der Waals surface area contributed by atoms with Crippen LogP contribution in [0.3, 0.4) is 0 Å². The number of amides is 2. The number of ether oxygens (including phenoxy) is 1. The molecule has 0 saturated carbocycles. The van der Waals surface area contributed by atoms with Crippen molar-refractivity contribution in [2.24, 2.45) is 0 Å². The molecule has 3 rings (SSSR count). The lowest BCUT2D eigenvalue weighted by atomic mass is 10.1. The minimum atomic E-state index is -4.29. The number of hydrogen-bond acceptors (Lipinski definition) is 5. The third kappa shape index (κ3) is 7.79. The number of rotatable bonds is 12. The van der Waals surface area contributed by atoms with Gasteiger partial charge in [0.15, 0.2) is 0 Å². The van der Waals surface area contributed by atoms with Crippen LogP contribution in [-0.4, -0.2) is 50.9 Å². The van der Waals surface area contributed by atoms with Crippen molar-refractivity contribution >= 4 is 43.5 Å². The second kappa shape index (κ2) is 13.6. The molecule has 208 valence electrons. The third-order valence-corrected chi connectivity index (χ3v) is 8.22. The van der Waals surface area contributed by atoms with Crippen LogP contribution in [0, 0.1) is 5.82 Å². The highest BCUT2D eigenvalue weighted by atomic mass is 79.9. The number of hydrogen-bond donors (Lipinski definition) is 1. The van der Waals surface area contributed by atoms with E-state index in [1.807, 2.05) is 31.2 Å². The van der Waals surface area contributed by atoms with Crippen LogP contribution in [0.25, 0.3) is 0 Å². The number of likely N-dealkylation sites (N-methyl/N-ethyl adjacent to an activating group) is 1. The zero-order valence-electron chi connectivity index (χ0n) is 21.9. The van der Waals surface area contributed by atoms with Gasteiger partial charge in [-0.25, -0.2) is 12.8 Å². The van der Waals surface area contributed by atoms with Gasteiger partial charge in [0.1, 0.15) is 24.2 Å². The van der Waals surface area contributed by atoms with Gasteiger partial charge in [0, 0.05) is 17.6 Å². The Hall–Kier alpha value is -3.44. The Morgan fingerprint density at radius 2 is 1.59 bits per heavy atom. The molecule has 0 saturated heterocycles. The average molecular weight is 621 g/mol. The van der Waals surface area contributed by atoms with Gasteiger partial charge in [0.05, 0.1) is 17.2 Å². The van der Waals surface area contributed by atoms with E-state index in [2.05, 4.69) is 21.2 Å². The second-order valence-corrected chi connectivity index (χ2v) is 11.4. The smallest absolute Gasteiger partial charge is 0.264 e. The molecule has 0 fully saturated rings. The molecule has 0 unspecified atom stereocenters. The monoisotopic (exact) mass is 619 g/mol. The first kappa shape index (κ1) is 30.1. The van der Waals surface area contributed by atoms with Gasteiger partial charge < -0.3 is 15.0 Å². The molecule has 1 atom stereocenters. The van der Waals surface area contributed by atoms with E-state index in [9.17, 15) is 22.4 Å². The Balaban J connectivity index is 2.02. The largest absolute Gasteiger partial charge is 0.494 e. The topological polar surface area (TPSA) is 96.0 Å². The number of nitrogens with zero attached hydrogens (tertiary/aromatic N) is 2. The molecule has 11 heteroatoms. The summed E-state index contributed by atoms with van der Waals surface area (Å²) in [7, 11) is -4.29. The van der Waals surface area contributed by atoms with Crippen LogP contribution in [0.15, 0.2) is 82.2 Å². The number of nitrogens with one attached hydrogen (secondary N) is 1. The maximum absolute atomic E-state index is 13.8. The van der Waals surface area contributed by atoms with Gasteiger partial charge in [-0.05, 0) is 87.0 Å². The van der Waals surface area contributed by atoms with Crippen LogP contribution < -0.4 is 14.4 Å². The maximum Gasteiger partial charge on any atom is 0.264 e. The first-order valence-electron chi connectivity index (χ1n) is 12.4. The fourth-order valence-electron chi connectivity index (χ4n) is 3.83. The number of benzene rings is 3. The summed E-state index contributed by atoms with van der Waals surface area (Å²) in [4.78, 5) is 27.7. The molecular formula is C28H31BrFN3O5S. The van der Waals surface area contributed by atoms with Crippen molar-refractivity contribution < 1.29 is 27.1 Å². The van der Waals surface area contributed by atoms with Gasteiger partial charge in [0.2, 0.25) is 11.8 Å². The van der Waals surface area contributed by atoms with Crippen molar-refractivity contribution in [3.05, 3.63) is 88.6 Å². The Labute approximate surface area is 236 Å². The number of anilines is 1. The summed E-state index contributed by atoms with van der Waals surface area (Å²) in [6.45, 7) is 5.49.